The first-order valence-corrected chi connectivity index (χ1v) is 9.42. The van der Waals surface area contributed by atoms with E-state index in [2.05, 4.69) is 4.72 Å². The van der Waals surface area contributed by atoms with E-state index in [1.807, 2.05) is 20.8 Å². The second-order valence-corrected chi connectivity index (χ2v) is 9.55. The summed E-state index contributed by atoms with van der Waals surface area (Å²) in [5, 5.41) is 9.17. The van der Waals surface area contributed by atoms with Crippen molar-refractivity contribution in [3.63, 3.8) is 0 Å². The van der Waals surface area contributed by atoms with E-state index in [1.165, 1.54) is 17.0 Å². The van der Waals surface area contributed by atoms with E-state index < -0.39 is 33.5 Å². The van der Waals surface area contributed by atoms with E-state index in [-0.39, 0.29) is 5.82 Å². The summed E-state index contributed by atoms with van der Waals surface area (Å²) < 4.78 is 35.2. The van der Waals surface area contributed by atoms with E-state index >= 15 is 0 Å². The zero-order valence-corrected chi connectivity index (χ0v) is 15.4. The molecule has 8 heteroatoms. The van der Waals surface area contributed by atoms with Crippen molar-refractivity contribution in [1.82, 2.24) is 9.62 Å². The van der Waals surface area contributed by atoms with Gasteiger partial charge in [0.05, 0.1) is 21.8 Å². The minimum absolute atomic E-state index is 0.326. The number of hydrogen-bond donors (Lipinski definition) is 2. The highest BCUT2D eigenvalue weighted by molar-refractivity contribution is 7.84. The first-order chi connectivity index (χ1) is 11.6. The Balaban J connectivity index is 1.92. The lowest BCUT2D eigenvalue weighted by molar-refractivity contribution is 0.00117. The van der Waals surface area contributed by atoms with Crippen LogP contribution in [0.2, 0.25) is 0 Å². The molecule has 1 amide bonds. The number of hydrogen-bond acceptors (Lipinski definition) is 3. The van der Waals surface area contributed by atoms with Crippen molar-refractivity contribution in [2.75, 3.05) is 13.1 Å². The van der Waals surface area contributed by atoms with E-state index in [1.54, 1.807) is 6.07 Å². The molecule has 2 heterocycles. The monoisotopic (exact) mass is 370 g/mol. The second kappa shape index (κ2) is 6.25. The molecular formula is C17H23FN2O4S. The summed E-state index contributed by atoms with van der Waals surface area (Å²) in [6, 6.07) is 3.87. The smallest absolute Gasteiger partial charge is 0.407 e. The Bertz CT molecular complexity index is 711. The zero-order valence-electron chi connectivity index (χ0n) is 14.5. The van der Waals surface area contributed by atoms with Crippen molar-refractivity contribution in [3.8, 4) is 5.75 Å². The van der Waals surface area contributed by atoms with Crippen molar-refractivity contribution >= 4 is 17.1 Å². The number of carbonyl (C=O) groups is 1. The number of benzene rings is 1. The number of ether oxygens (including phenoxy) is 1. The highest BCUT2D eigenvalue weighted by Crippen LogP contribution is 2.49. The molecule has 2 aliphatic rings. The van der Waals surface area contributed by atoms with E-state index in [0.29, 0.717) is 37.2 Å². The van der Waals surface area contributed by atoms with Gasteiger partial charge in [0.1, 0.15) is 17.2 Å². The molecule has 1 unspecified atom stereocenters. The van der Waals surface area contributed by atoms with Crippen LogP contribution in [0.4, 0.5) is 9.18 Å². The maximum Gasteiger partial charge on any atom is 0.407 e. The highest BCUT2D eigenvalue weighted by atomic mass is 32.2. The largest absolute Gasteiger partial charge is 0.485 e. The maximum absolute atomic E-state index is 13.8. The van der Waals surface area contributed by atoms with Crippen molar-refractivity contribution in [3.05, 3.63) is 29.6 Å². The number of likely N-dealkylation sites (tertiary alicyclic amines) is 1. The van der Waals surface area contributed by atoms with Crippen molar-refractivity contribution in [1.29, 1.82) is 0 Å². The summed E-state index contributed by atoms with van der Waals surface area (Å²) in [6.45, 7) is 6.23. The third-order valence-electron chi connectivity index (χ3n) is 4.78. The van der Waals surface area contributed by atoms with Crippen LogP contribution in [-0.4, -0.2) is 43.7 Å². The molecule has 0 bridgehead atoms. The fourth-order valence-electron chi connectivity index (χ4n) is 3.32. The SMILES string of the molecule is CC(C)(C)S(=O)N[C@@H]1c2cc(F)ccc2OC12CCN(C(=O)O)CC2. The average molecular weight is 370 g/mol. The predicted octanol–water partition coefficient (Wildman–Crippen LogP) is 2.82. The number of fused-ring (bicyclic) bond motifs is 1. The van der Waals surface area contributed by atoms with Crippen molar-refractivity contribution < 1.29 is 23.2 Å². The van der Waals surface area contributed by atoms with Gasteiger partial charge in [-0.25, -0.2) is 18.1 Å². The van der Waals surface area contributed by atoms with Crippen LogP contribution in [-0.2, 0) is 11.0 Å². The molecule has 2 N–H and O–H groups in total. The fourth-order valence-corrected chi connectivity index (χ4v) is 4.23. The average Bonchev–Trinajstić information content (AvgIpc) is 2.80. The topological polar surface area (TPSA) is 78.9 Å². The summed E-state index contributed by atoms with van der Waals surface area (Å²) in [5.74, 6) is 0.185. The lowest BCUT2D eigenvalue weighted by Crippen LogP contribution is -2.54. The number of nitrogens with one attached hydrogen (secondary N) is 1. The van der Waals surface area contributed by atoms with Gasteiger partial charge >= 0.3 is 6.09 Å². The molecule has 2 atom stereocenters. The third kappa shape index (κ3) is 3.37. The number of nitrogens with zero attached hydrogens (tertiary/aromatic N) is 1. The van der Waals surface area contributed by atoms with Gasteiger partial charge in [0.15, 0.2) is 0 Å². The Morgan fingerprint density at radius 2 is 2.04 bits per heavy atom. The summed E-state index contributed by atoms with van der Waals surface area (Å²) in [5.41, 5.74) is -0.0791. The highest BCUT2D eigenvalue weighted by Gasteiger charge is 2.51. The second-order valence-electron chi connectivity index (χ2n) is 7.55. The maximum atomic E-state index is 13.8. The Hall–Kier alpha value is -1.67. The number of halogens is 1. The van der Waals surface area contributed by atoms with Gasteiger partial charge in [-0.1, -0.05) is 0 Å². The molecule has 1 saturated heterocycles. The first kappa shape index (κ1) is 18.1. The molecular weight excluding hydrogens is 347 g/mol. The third-order valence-corrected chi connectivity index (χ3v) is 6.35. The molecule has 1 aromatic carbocycles. The molecule has 6 nitrogen and oxygen atoms in total. The van der Waals surface area contributed by atoms with Gasteiger partial charge in [-0.3, -0.25) is 0 Å². The Kier molecular flexibility index (Phi) is 4.53. The summed E-state index contributed by atoms with van der Waals surface area (Å²) in [7, 11) is -1.37. The molecule has 3 rings (SSSR count). The van der Waals surface area contributed by atoms with Crippen LogP contribution in [0.15, 0.2) is 18.2 Å². The Morgan fingerprint density at radius 3 is 2.60 bits per heavy atom. The van der Waals surface area contributed by atoms with Crippen LogP contribution in [0.1, 0.15) is 45.2 Å². The van der Waals surface area contributed by atoms with Crippen LogP contribution in [0, 0.1) is 5.82 Å². The van der Waals surface area contributed by atoms with Gasteiger partial charge in [0.25, 0.3) is 0 Å². The van der Waals surface area contributed by atoms with Gasteiger partial charge in [-0.15, -0.1) is 0 Å². The quantitative estimate of drug-likeness (QED) is 0.839. The minimum Gasteiger partial charge on any atom is -0.485 e. The van der Waals surface area contributed by atoms with Crippen LogP contribution >= 0.6 is 0 Å². The molecule has 1 aromatic rings. The normalized spacial score (nSPS) is 23.2. The number of carboxylic acid groups (broad SMARTS) is 1. The first-order valence-electron chi connectivity index (χ1n) is 8.27. The van der Waals surface area contributed by atoms with Crippen molar-refractivity contribution in [2.45, 2.75) is 50.0 Å². The summed E-state index contributed by atoms with van der Waals surface area (Å²) in [4.78, 5) is 12.5. The molecule has 138 valence electrons. The fraction of sp³-hybridized carbons (Fsp3) is 0.588. The van der Waals surface area contributed by atoms with Gasteiger partial charge in [-0.05, 0) is 39.0 Å². The lowest BCUT2D eigenvalue weighted by atomic mass is 9.83. The molecule has 0 saturated carbocycles. The molecule has 1 fully saturated rings. The number of amides is 1. The standard InChI is InChI=1S/C17H23FN2O4S/c1-16(2,3)25(23)19-14-12-10-11(18)4-5-13(12)24-17(14)6-8-20(9-7-17)15(21)22/h4-5,10,14,19H,6-9H2,1-3H3,(H,21,22)/t14-,25?/m1/s1. The predicted molar refractivity (Wildman–Crippen MR) is 92.4 cm³/mol. The molecule has 0 aromatic heterocycles. The molecule has 1 spiro atoms. The van der Waals surface area contributed by atoms with Gasteiger partial charge in [0, 0.05) is 31.5 Å². The summed E-state index contributed by atoms with van der Waals surface area (Å²) in [6.07, 6.45) is -0.0531. The molecule has 2 aliphatic heterocycles. The van der Waals surface area contributed by atoms with Gasteiger partial charge in [-0.2, -0.15) is 0 Å². The molecule has 25 heavy (non-hydrogen) atoms. The van der Waals surface area contributed by atoms with Crippen LogP contribution < -0.4 is 9.46 Å². The van der Waals surface area contributed by atoms with Gasteiger partial charge < -0.3 is 14.7 Å². The Labute approximate surface area is 148 Å². The van der Waals surface area contributed by atoms with E-state index in [9.17, 15) is 13.4 Å². The van der Waals surface area contributed by atoms with Gasteiger partial charge in [0.2, 0.25) is 0 Å². The molecule has 0 aliphatic carbocycles. The van der Waals surface area contributed by atoms with Crippen LogP contribution in [0.25, 0.3) is 0 Å². The van der Waals surface area contributed by atoms with E-state index in [4.69, 9.17) is 9.84 Å². The van der Waals surface area contributed by atoms with Crippen LogP contribution in [0.5, 0.6) is 5.75 Å². The zero-order chi connectivity index (χ0) is 18.4. The summed E-state index contributed by atoms with van der Waals surface area (Å²) >= 11 is 0. The lowest BCUT2D eigenvalue weighted by Gasteiger charge is -2.41. The van der Waals surface area contributed by atoms with E-state index in [0.717, 1.165) is 0 Å². The number of piperidine rings is 1. The Morgan fingerprint density at radius 1 is 1.40 bits per heavy atom. The van der Waals surface area contributed by atoms with Crippen molar-refractivity contribution in [2.24, 2.45) is 0 Å². The minimum atomic E-state index is -1.37. The number of rotatable bonds is 2. The molecule has 0 radical (unpaired) electrons. The van der Waals surface area contributed by atoms with Crippen LogP contribution in [0.3, 0.4) is 0 Å².